The lowest BCUT2D eigenvalue weighted by Gasteiger charge is -2.00. The van der Waals surface area contributed by atoms with Crippen molar-refractivity contribution < 1.29 is 17.1 Å². The average molecular weight is 245 g/mol. The van der Waals surface area contributed by atoms with Crippen molar-refractivity contribution in [2.45, 2.75) is 24.7 Å². The van der Waals surface area contributed by atoms with Gasteiger partial charge in [0.25, 0.3) is 0 Å². The second-order valence-corrected chi connectivity index (χ2v) is 4.59. The molecule has 88 valence electrons. The van der Waals surface area contributed by atoms with Gasteiger partial charge in [-0.15, -0.1) is 0 Å². The first-order valence-electron chi connectivity index (χ1n) is 4.77. The Morgan fingerprint density at radius 2 is 2.00 bits per heavy atom. The van der Waals surface area contributed by atoms with Gasteiger partial charge in [0.1, 0.15) is 10.7 Å². The highest BCUT2D eigenvalue weighted by Crippen LogP contribution is 2.12. The zero-order valence-electron chi connectivity index (χ0n) is 8.76. The van der Waals surface area contributed by atoms with Gasteiger partial charge in [-0.1, -0.05) is 18.5 Å². The van der Waals surface area contributed by atoms with Crippen LogP contribution in [0.5, 0.6) is 0 Å². The summed E-state index contributed by atoms with van der Waals surface area (Å²) in [5, 5.41) is 3.32. The van der Waals surface area contributed by atoms with Gasteiger partial charge < -0.3 is 0 Å². The zero-order valence-corrected chi connectivity index (χ0v) is 9.58. The first-order chi connectivity index (χ1) is 7.56. The Labute approximate surface area is 93.9 Å². The molecule has 0 radical (unpaired) electrons. The van der Waals surface area contributed by atoms with Crippen LogP contribution in [-0.4, -0.2) is 14.6 Å². The normalized spacial score (nSPS) is 11.9. The van der Waals surface area contributed by atoms with E-state index in [1.165, 1.54) is 6.21 Å². The van der Waals surface area contributed by atoms with E-state index in [2.05, 4.69) is 9.44 Å². The van der Waals surface area contributed by atoms with Crippen molar-refractivity contribution in [3.8, 4) is 0 Å². The smallest absolute Gasteiger partial charge is 0.265 e. The van der Waals surface area contributed by atoms with Crippen LogP contribution in [0.2, 0.25) is 0 Å². The monoisotopic (exact) mass is 245 g/mol. The van der Waals surface area contributed by atoms with Crippen LogP contribution in [0.25, 0.3) is 0 Å². The van der Waals surface area contributed by atoms with Gasteiger partial charge in [0.2, 0.25) is 0 Å². The molecule has 1 rings (SSSR count). The number of oxime groups is 1. The lowest BCUT2D eigenvalue weighted by Crippen LogP contribution is -2.02. The van der Waals surface area contributed by atoms with Crippen molar-refractivity contribution in [1.29, 1.82) is 0 Å². The van der Waals surface area contributed by atoms with Gasteiger partial charge in [-0.25, -0.2) is 4.39 Å². The predicted octanol–water partition coefficient (Wildman–Crippen LogP) is 2.32. The molecule has 0 amide bonds. The summed E-state index contributed by atoms with van der Waals surface area (Å²) in [5.41, 5.74) is 0. The van der Waals surface area contributed by atoms with Gasteiger partial charge in [-0.2, -0.15) is 8.42 Å². The van der Waals surface area contributed by atoms with Crippen LogP contribution < -0.4 is 0 Å². The van der Waals surface area contributed by atoms with Crippen LogP contribution in [-0.2, 0) is 14.4 Å². The average Bonchev–Trinajstić information content (AvgIpc) is 2.25. The molecule has 0 fully saturated rings. The fourth-order valence-electron chi connectivity index (χ4n) is 0.913. The molecule has 0 N–H and O–H groups in total. The summed E-state index contributed by atoms with van der Waals surface area (Å²) < 4.78 is 39.8. The van der Waals surface area contributed by atoms with Gasteiger partial charge in [0.15, 0.2) is 0 Å². The lowest BCUT2D eigenvalue weighted by atomic mass is 10.4. The Morgan fingerprint density at radius 1 is 1.38 bits per heavy atom. The van der Waals surface area contributed by atoms with Gasteiger partial charge >= 0.3 is 10.1 Å². The minimum Gasteiger partial charge on any atom is -0.265 e. The van der Waals surface area contributed by atoms with Gasteiger partial charge in [-0.3, -0.25) is 4.28 Å². The third-order valence-electron chi connectivity index (χ3n) is 1.74. The minimum absolute atomic E-state index is 0.123. The Morgan fingerprint density at radius 3 is 2.56 bits per heavy atom. The van der Waals surface area contributed by atoms with Crippen molar-refractivity contribution in [2.24, 2.45) is 5.16 Å². The second kappa shape index (κ2) is 5.60. The van der Waals surface area contributed by atoms with E-state index in [4.69, 9.17) is 0 Å². The molecule has 0 bridgehead atoms. The van der Waals surface area contributed by atoms with E-state index < -0.39 is 15.9 Å². The van der Waals surface area contributed by atoms with E-state index in [0.717, 1.165) is 30.7 Å². The number of hydrogen-bond donors (Lipinski definition) is 0. The number of halogens is 1. The first-order valence-corrected chi connectivity index (χ1v) is 6.18. The molecule has 16 heavy (non-hydrogen) atoms. The Balaban J connectivity index is 2.74. The van der Waals surface area contributed by atoms with Crippen LogP contribution >= 0.6 is 0 Å². The second-order valence-electron chi connectivity index (χ2n) is 3.06. The van der Waals surface area contributed by atoms with Gasteiger partial charge in [0, 0.05) is 6.21 Å². The van der Waals surface area contributed by atoms with Crippen molar-refractivity contribution >= 4 is 16.3 Å². The van der Waals surface area contributed by atoms with Gasteiger partial charge in [0.05, 0.1) is 0 Å². The van der Waals surface area contributed by atoms with E-state index in [9.17, 15) is 12.8 Å². The Kier molecular flexibility index (Phi) is 4.42. The molecule has 0 aliphatic carbocycles. The summed E-state index contributed by atoms with van der Waals surface area (Å²) in [5.74, 6) is -0.506. The minimum atomic E-state index is -3.92. The number of rotatable bonds is 5. The van der Waals surface area contributed by atoms with E-state index in [1.54, 1.807) is 0 Å². The fraction of sp³-hybridized carbons (Fsp3) is 0.300. The topological polar surface area (TPSA) is 55.7 Å². The first kappa shape index (κ1) is 12.6. The molecule has 6 heteroatoms. The molecule has 4 nitrogen and oxygen atoms in total. The third kappa shape index (κ3) is 3.62. The highest BCUT2D eigenvalue weighted by molar-refractivity contribution is 7.86. The molecular formula is C10H12FNO3S. The van der Waals surface area contributed by atoms with Crippen molar-refractivity contribution in [2.75, 3.05) is 0 Å². The quantitative estimate of drug-likeness (QED) is 0.591. The summed E-state index contributed by atoms with van der Waals surface area (Å²) in [6, 6.07) is 4.35. The molecule has 1 aromatic rings. The molecule has 0 aromatic heterocycles. The maximum Gasteiger partial charge on any atom is 0.358 e. The summed E-state index contributed by atoms with van der Waals surface area (Å²) in [4.78, 5) is -0.123. The molecule has 1 aromatic carbocycles. The standard InChI is InChI=1S/C10H12FNO3S/c1-2-3-8-12-15-16(13,14)10-6-4-9(11)5-7-10/h4-8H,2-3H2,1H3. The number of benzene rings is 1. The molecule has 0 heterocycles. The van der Waals surface area contributed by atoms with Crippen LogP contribution in [0.1, 0.15) is 19.8 Å². The Bertz CT molecular complexity index is 453. The predicted molar refractivity (Wildman–Crippen MR) is 58.1 cm³/mol. The van der Waals surface area contributed by atoms with Gasteiger partial charge in [-0.05, 0) is 30.7 Å². The highest BCUT2D eigenvalue weighted by atomic mass is 32.2. The Hall–Kier alpha value is -1.43. The van der Waals surface area contributed by atoms with E-state index >= 15 is 0 Å². The van der Waals surface area contributed by atoms with E-state index in [-0.39, 0.29) is 4.90 Å². The molecule has 0 saturated carbocycles. The number of unbranched alkanes of at least 4 members (excludes halogenated alkanes) is 1. The van der Waals surface area contributed by atoms with Crippen molar-refractivity contribution in [3.05, 3.63) is 30.1 Å². The van der Waals surface area contributed by atoms with Crippen LogP contribution in [0, 0.1) is 5.82 Å². The molecular weight excluding hydrogens is 233 g/mol. The zero-order chi connectivity index (χ0) is 12.0. The van der Waals surface area contributed by atoms with E-state index in [0.29, 0.717) is 6.42 Å². The van der Waals surface area contributed by atoms with Crippen molar-refractivity contribution in [3.63, 3.8) is 0 Å². The van der Waals surface area contributed by atoms with Crippen molar-refractivity contribution in [1.82, 2.24) is 0 Å². The van der Waals surface area contributed by atoms with Crippen LogP contribution in [0.4, 0.5) is 4.39 Å². The lowest BCUT2D eigenvalue weighted by molar-refractivity contribution is 0.340. The maximum absolute atomic E-state index is 12.6. The van der Waals surface area contributed by atoms with Crippen LogP contribution in [0.3, 0.4) is 0 Å². The summed E-state index contributed by atoms with van der Waals surface area (Å²) in [7, 11) is -3.92. The molecule has 0 spiro atoms. The largest absolute Gasteiger partial charge is 0.358 e. The summed E-state index contributed by atoms with van der Waals surface area (Å²) in [6.07, 6.45) is 2.86. The highest BCUT2D eigenvalue weighted by Gasteiger charge is 2.14. The summed E-state index contributed by atoms with van der Waals surface area (Å²) in [6.45, 7) is 1.93. The summed E-state index contributed by atoms with van der Waals surface area (Å²) >= 11 is 0. The molecule has 0 aliphatic heterocycles. The van der Waals surface area contributed by atoms with Crippen LogP contribution in [0.15, 0.2) is 34.3 Å². The molecule has 0 unspecified atom stereocenters. The molecule has 0 saturated heterocycles. The molecule has 0 aliphatic rings. The molecule has 0 atom stereocenters. The SMILES string of the molecule is CCCC=NOS(=O)(=O)c1ccc(F)cc1. The van der Waals surface area contributed by atoms with E-state index in [1.807, 2.05) is 6.92 Å². The third-order valence-corrected chi connectivity index (χ3v) is 2.87. The maximum atomic E-state index is 12.6. The number of hydrogen-bond acceptors (Lipinski definition) is 4. The number of nitrogens with zero attached hydrogens (tertiary/aromatic N) is 1. The fourth-order valence-corrected chi connectivity index (χ4v) is 1.64.